The van der Waals surface area contributed by atoms with Gasteiger partial charge >= 0.3 is 0 Å². The fourth-order valence-electron chi connectivity index (χ4n) is 9.38. The van der Waals surface area contributed by atoms with Crippen LogP contribution in [-0.4, -0.2) is 163 Å². The molecule has 16 nitrogen and oxygen atoms in total. The molecule has 0 aromatic carbocycles. The molecule has 2 rings (SSSR count). The zero-order valence-corrected chi connectivity index (χ0v) is 42.3. The molecule has 0 unspecified atom stereocenters. The first-order valence-corrected chi connectivity index (χ1v) is 27.5. The van der Waals surface area contributed by atoms with Gasteiger partial charge in [0.05, 0.1) is 32.0 Å². The topological polar surface area (TPSA) is 268 Å². The molecule has 0 bridgehead atoms. The van der Waals surface area contributed by atoms with Crippen LogP contribution in [0.5, 0.6) is 0 Å². The van der Waals surface area contributed by atoms with Gasteiger partial charge in [-0.3, -0.25) is 4.79 Å². The second kappa shape index (κ2) is 39.4. The van der Waals surface area contributed by atoms with Gasteiger partial charge in [-0.2, -0.15) is 0 Å². The van der Waals surface area contributed by atoms with Gasteiger partial charge in [0.1, 0.15) is 61.0 Å². The Hall–Kier alpha value is -1.09. The Kier molecular flexibility index (Phi) is 36.6. The molecule has 0 aromatic heterocycles. The van der Waals surface area contributed by atoms with Crippen LogP contribution in [0.3, 0.4) is 0 Å². The lowest BCUT2D eigenvalue weighted by molar-refractivity contribution is -0.368. The van der Waals surface area contributed by atoms with Crippen LogP contribution in [0.4, 0.5) is 0 Å². The molecule has 2 aliphatic heterocycles. The van der Waals surface area contributed by atoms with E-state index in [0.29, 0.717) is 12.8 Å². The number of hydrogen-bond acceptors (Lipinski definition) is 15. The largest absolute Gasteiger partial charge is 0.394 e. The number of rotatable bonds is 43. The summed E-state index contributed by atoms with van der Waals surface area (Å²) in [6.07, 6.45) is 14.9. The second-order valence-electron chi connectivity index (χ2n) is 20.0. The van der Waals surface area contributed by atoms with Crippen LogP contribution in [0.2, 0.25) is 0 Å². The number of aliphatic hydroxyl groups is 10. The van der Waals surface area contributed by atoms with Crippen molar-refractivity contribution in [3.63, 3.8) is 0 Å². The first-order chi connectivity index (χ1) is 32.9. The number of ether oxygens (including phenoxy) is 4. The average molecular weight is 980 g/mol. The van der Waals surface area contributed by atoms with Crippen LogP contribution in [-0.2, 0) is 23.7 Å². The summed E-state index contributed by atoms with van der Waals surface area (Å²) in [7, 11) is 0. The SMILES string of the molecule is CCCCCCCCCCCCCCCCCCCC[C@@H](O)C(=O)N[C@@H](CO[C@H]1O[C@H](CO)[C@H](O)[C@H](O)[C@H]1O[C@H]1O[C@H](CO)[C@@H](O)[C@H](O)[C@H]1O)[C@H](O)[C@H](O)CCCCCCCCCCCCCC. The fourth-order valence-corrected chi connectivity index (χ4v) is 9.38. The summed E-state index contributed by atoms with van der Waals surface area (Å²) in [6.45, 7) is 2.40. The molecule has 0 saturated carbocycles. The van der Waals surface area contributed by atoms with Gasteiger partial charge in [0, 0.05) is 0 Å². The van der Waals surface area contributed by atoms with Gasteiger partial charge < -0.3 is 75.3 Å². The first-order valence-electron chi connectivity index (χ1n) is 27.5. The van der Waals surface area contributed by atoms with E-state index < -0.39 is 111 Å². The zero-order chi connectivity index (χ0) is 49.9. The molecule has 16 heteroatoms. The minimum Gasteiger partial charge on any atom is -0.394 e. The first kappa shape index (κ1) is 63.0. The number of carbonyl (C=O) groups excluding carboxylic acids is 1. The van der Waals surface area contributed by atoms with E-state index in [1.54, 1.807) is 0 Å². The normalized spacial score (nSPS) is 27.2. The molecule has 2 fully saturated rings. The molecule has 2 heterocycles. The highest BCUT2D eigenvalue weighted by molar-refractivity contribution is 5.80. The number of amides is 1. The fraction of sp³-hybridized carbons (Fsp3) is 0.981. The van der Waals surface area contributed by atoms with Crippen molar-refractivity contribution in [3.8, 4) is 0 Å². The third-order valence-electron chi connectivity index (χ3n) is 14.0. The minimum atomic E-state index is -1.87. The van der Waals surface area contributed by atoms with E-state index in [2.05, 4.69) is 19.2 Å². The molecule has 14 atom stereocenters. The molecule has 11 N–H and O–H groups in total. The number of nitrogens with one attached hydrogen (secondary N) is 1. The highest BCUT2D eigenvalue weighted by atomic mass is 16.8. The molecule has 404 valence electrons. The van der Waals surface area contributed by atoms with E-state index in [0.717, 1.165) is 51.4 Å². The van der Waals surface area contributed by atoms with Crippen molar-refractivity contribution in [2.24, 2.45) is 0 Å². The molecule has 0 aliphatic carbocycles. The molecule has 0 aromatic rings. The van der Waals surface area contributed by atoms with Crippen molar-refractivity contribution in [2.45, 2.75) is 305 Å². The lowest BCUT2D eigenvalue weighted by Gasteiger charge is -2.46. The maximum atomic E-state index is 13.4. The standard InChI is InChI=1S/C52H101NO15/c1-3-5-7-9-11-13-15-17-18-19-20-21-22-24-26-28-30-32-34-40(57)50(64)53-38(43(58)39(56)33-31-29-27-25-23-16-14-12-10-8-6-4-2)37-65-52-49(47(62)45(60)42(36-55)67-52)68-51-48(63)46(61)44(59)41(35-54)66-51/h38-49,51-52,54-63H,3-37H2,1-2H3,(H,53,64)/t38-,39+,40+,41+,42+,43-,44+,45-,46-,47-,48+,49+,51+,52-/m0/s1. The van der Waals surface area contributed by atoms with Crippen molar-refractivity contribution in [2.75, 3.05) is 19.8 Å². The maximum absolute atomic E-state index is 13.4. The summed E-state index contributed by atoms with van der Waals surface area (Å²) in [6, 6.07) is -1.31. The Morgan fingerprint density at radius 2 is 0.853 bits per heavy atom. The summed E-state index contributed by atoms with van der Waals surface area (Å²) in [5.74, 6) is -0.774. The highest BCUT2D eigenvalue weighted by Gasteiger charge is 2.51. The number of unbranched alkanes of at least 4 members (excludes halogenated alkanes) is 28. The third kappa shape index (κ3) is 25.5. The summed E-state index contributed by atoms with van der Waals surface area (Å²) < 4.78 is 22.9. The molecular weight excluding hydrogens is 879 g/mol. The predicted octanol–water partition coefficient (Wildman–Crippen LogP) is 5.72. The van der Waals surface area contributed by atoms with Crippen LogP contribution in [0.25, 0.3) is 0 Å². The van der Waals surface area contributed by atoms with E-state index in [4.69, 9.17) is 18.9 Å². The molecule has 68 heavy (non-hydrogen) atoms. The second-order valence-corrected chi connectivity index (χ2v) is 20.0. The molecule has 1 amide bonds. The van der Waals surface area contributed by atoms with Gasteiger partial charge in [-0.15, -0.1) is 0 Å². The van der Waals surface area contributed by atoms with Gasteiger partial charge in [-0.1, -0.05) is 206 Å². The van der Waals surface area contributed by atoms with Crippen LogP contribution in [0.1, 0.15) is 219 Å². The van der Waals surface area contributed by atoms with Crippen molar-refractivity contribution < 1.29 is 74.8 Å². The zero-order valence-electron chi connectivity index (χ0n) is 42.3. The van der Waals surface area contributed by atoms with Crippen LogP contribution in [0.15, 0.2) is 0 Å². The van der Waals surface area contributed by atoms with Crippen LogP contribution >= 0.6 is 0 Å². The molecule has 2 saturated heterocycles. The van der Waals surface area contributed by atoms with Crippen molar-refractivity contribution in [1.29, 1.82) is 0 Å². The van der Waals surface area contributed by atoms with Crippen molar-refractivity contribution in [1.82, 2.24) is 5.32 Å². The molecular formula is C52H101NO15. The molecule has 0 radical (unpaired) electrons. The van der Waals surface area contributed by atoms with Crippen LogP contribution in [0, 0.1) is 0 Å². The van der Waals surface area contributed by atoms with Crippen molar-refractivity contribution >= 4 is 5.91 Å². The van der Waals surface area contributed by atoms with E-state index in [9.17, 15) is 55.9 Å². The van der Waals surface area contributed by atoms with E-state index in [1.165, 1.54) is 128 Å². The number of carbonyl (C=O) groups is 1. The van der Waals surface area contributed by atoms with Gasteiger partial charge in [0.2, 0.25) is 5.91 Å². The molecule has 2 aliphatic rings. The smallest absolute Gasteiger partial charge is 0.249 e. The summed E-state index contributed by atoms with van der Waals surface area (Å²) in [5.41, 5.74) is 0. The Bertz CT molecular complexity index is 1190. The van der Waals surface area contributed by atoms with E-state index in [-0.39, 0.29) is 12.8 Å². The maximum Gasteiger partial charge on any atom is 0.249 e. The lowest BCUT2D eigenvalue weighted by atomic mass is 9.97. The van der Waals surface area contributed by atoms with Gasteiger partial charge in [0.25, 0.3) is 0 Å². The number of hydrogen-bond donors (Lipinski definition) is 11. The van der Waals surface area contributed by atoms with E-state index in [1.807, 2.05) is 0 Å². The summed E-state index contributed by atoms with van der Waals surface area (Å²) >= 11 is 0. The highest BCUT2D eigenvalue weighted by Crippen LogP contribution is 2.30. The summed E-state index contributed by atoms with van der Waals surface area (Å²) in [4.78, 5) is 13.4. The molecule has 0 spiro atoms. The Balaban J connectivity index is 1.92. The average Bonchev–Trinajstić information content (AvgIpc) is 3.34. The van der Waals surface area contributed by atoms with Crippen LogP contribution < -0.4 is 5.32 Å². The van der Waals surface area contributed by atoms with E-state index >= 15 is 0 Å². The quantitative estimate of drug-likeness (QED) is 0.0327. The monoisotopic (exact) mass is 980 g/mol. The Morgan fingerprint density at radius 3 is 1.26 bits per heavy atom. The summed E-state index contributed by atoms with van der Waals surface area (Å²) in [5, 5.41) is 109. The van der Waals surface area contributed by atoms with Crippen molar-refractivity contribution in [3.05, 3.63) is 0 Å². The number of aliphatic hydroxyl groups excluding tert-OH is 10. The van der Waals surface area contributed by atoms with Gasteiger partial charge in [0.15, 0.2) is 12.6 Å². The van der Waals surface area contributed by atoms with Gasteiger partial charge in [-0.05, 0) is 12.8 Å². The lowest BCUT2D eigenvalue weighted by Crippen LogP contribution is -2.65. The Labute approximate surface area is 409 Å². The third-order valence-corrected chi connectivity index (χ3v) is 14.0. The van der Waals surface area contributed by atoms with Gasteiger partial charge in [-0.25, -0.2) is 0 Å². The minimum absolute atomic E-state index is 0.193. The predicted molar refractivity (Wildman–Crippen MR) is 261 cm³/mol. The Morgan fingerprint density at radius 1 is 0.485 bits per heavy atom.